The Morgan fingerprint density at radius 1 is 0.582 bits per heavy atom. The van der Waals surface area contributed by atoms with Crippen molar-refractivity contribution in [2.24, 2.45) is 0 Å². The molecule has 316 valence electrons. The van der Waals surface area contributed by atoms with Crippen molar-refractivity contribution in [3.8, 4) is 0 Å². The van der Waals surface area contributed by atoms with Gasteiger partial charge in [0, 0.05) is 12.8 Å². The van der Waals surface area contributed by atoms with E-state index in [2.05, 4.69) is 80.7 Å². The average Bonchev–Trinajstić information content (AvgIpc) is 3.13. The van der Waals surface area contributed by atoms with E-state index in [0.29, 0.717) is 30.3 Å². The number of phosphoric ester groups is 1. The lowest BCUT2D eigenvalue weighted by molar-refractivity contribution is -0.870. The SMILES string of the molecule is CC/C=C\C/C=C\C/C=C\C/C=C\C/C=C\CCCC(=O)O[C@H](COC(=O)CCCCCCC/C=C\CCCCCCC)COP(=O)([O-])OCC[N+](C)(C)C. The van der Waals surface area contributed by atoms with Crippen molar-refractivity contribution < 1.29 is 42.1 Å². The van der Waals surface area contributed by atoms with E-state index in [1.54, 1.807) is 0 Å². The summed E-state index contributed by atoms with van der Waals surface area (Å²) in [6, 6.07) is 0. The van der Waals surface area contributed by atoms with Crippen molar-refractivity contribution in [2.45, 2.75) is 155 Å². The van der Waals surface area contributed by atoms with Crippen LogP contribution in [0.15, 0.2) is 72.9 Å². The molecule has 0 spiro atoms. The monoisotopic (exact) mass is 792 g/mol. The number of rotatable bonds is 37. The first-order chi connectivity index (χ1) is 26.5. The molecule has 10 heteroatoms. The van der Waals surface area contributed by atoms with Crippen LogP contribution >= 0.6 is 7.82 Å². The maximum absolute atomic E-state index is 12.6. The van der Waals surface area contributed by atoms with Crippen molar-refractivity contribution in [3.63, 3.8) is 0 Å². The normalized spacial score (nSPS) is 14.4. The first-order valence-electron chi connectivity index (χ1n) is 21.1. The Bertz CT molecular complexity index is 1170. The van der Waals surface area contributed by atoms with Crippen LogP contribution in [0.1, 0.15) is 149 Å². The quantitative estimate of drug-likeness (QED) is 0.0201. The number of nitrogens with zero attached hydrogens (tertiary/aromatic N) is 1. The minimum atomic E-state index is -4.64. The number of phosphoric acid groups is 1. The van der Waals surface area contributed by atoms with Crippen molar-refractivity contribution in [3.05, 3.63) is 72.9 Å². The summed E-state index contributed by atoms with van der Waals surface area (Å²) < 4.78 is 33.8. The van der Waals surface area contributed by atoms with Gasteiger partial charge in [0.05, 0.1) is 27.7 Å². The number of hydrogen-bond donors (Lipinski definition) is 0. The van der Waals surface area contributed by atoms with E-state index in [1.807, 2.05) is 27.2 Å². The highest BCUT2D eigenvalue weighted by Gasteiger charge is 2.21. The van der Waals surface area contributed by atoms with Crippen LogP contribution in [0.2, 0.25) is 0 Å². The van der Waals surface area contributed by atoms with Gasteiger partial charge >= 0.3 is 11.9 Å². The Balaban J connectivity index is 4.52. The summed E-state index contributed by atoms with van der Waals surface area (Å²) in [5.74, 6) is -0.920. The number of allylic oxidation sites excluding steroid dienone is 12. The van der Waals surface area contributed by atoms with Crippen LogP contribution in [0.25, 0.3) is 0 Å². The van der Waals surface area contributed by atoms with Crippen LogP contribution in [0.4, 0.5) is 0 Å². The second kappa shape index (κ2) is 37.1. The van der Waals surface area contributed by atoms with Gasteiger partial charge in [-0.1, -0.05) is 132 Å². The lowest BCUT2D eigenvalue weighted by Crippen LogP contribution is -2.37. The smallest absolute Gasteiger partial charge is 0.306 e. The summed E-state index contributed by atoms with van der Waals surface area (Å²) in [4.78, 5) is 37.4. The molecule has 0 aromatic rings. The molecule has 0 radical (unpaired) electrons. The molecule has 0 N–H and O–H groups in total. The molecule has 0 aliphatic heterocycles. The van der Waals surface area contributed by atoms with Crippen LogP contribution in [-0.2, 0) is 32.7 Å². The Labute approximate surface area is 336 Å². The highest BCUT2D eigenvalue weighted by molar-refractivity contribution is 7.45. The average molecular weight is 792 g/mol. The van der Waals surface area contributed by atoms with E-state index in [0.717, 1.165) is 64.2 Å². The largest absolute Gasteiger partial charge is 0.756 e. The lowest BCUT2D eigenvalue weighted by Gasteiger charge is -2.28. The van der Waals surface area contributed by atoms with E-state index in [-0.39, 0.29) is 26.1 Å². The summed E-state index contributed by atoms with van der Waals surface area (Å²) in [5.41, 5.74) is 0. The third-order valence-electron chi connectivity index (χ3n) is 8.46. The topological polar surface area (TPSA) is 111 Å². The molecule has 0 aromatic heterocycles. The number of esters is 2. The minimum absolute atomic E-state index is 0.0462. The lowest BCUT2D eigenvalue weighted by atomic mass is 10.1. The van der Waals surface area contributed by atoms with Crippen molar-refractivity contribution in [2.75, 3.05) is 47.5 Å². The van der Waals surface area contributed by atoms with Gasteiger partial charge in [-0.05, 0) is 77.0 Å². The summed E-state index contributed by atoms with van der Waals surface area (Å²) in [7, 11) is 1.11. The van der Waals surface area contributed by atoms with E-state index >= 15 is 0 Å². The summed E-state index contributed by atoms with van der Waals surface area (Å²) in [6.45, 7) is 4.00. The van der Waals surface area contributed by atoms with Gasteiger partial charge in [-0.2, -0.15) is 0 Å². The molecule has 0 fully saturated rings. The Morgan fingerprint density at radius 3 is 1.62 bits per heavy atom. The van der Waals surface area contributed by atoms with Crippen molar-refractivity contribution in [1.29, 1.82) is 0 Å². The molecule has 0 heterocycles. The molecule has 0 saturated heterocycles. The van der Waals surface area contributed by atoms with Crippen molar-refractivity contribution in [1.82, 2.24) is 0 Å². The molecule has 0 amide bonds. The molecule has 0 saturated carbocycles. The van der Waals surface area contributed by atoms with Gasteiger partial charge < -0.3 is 27.9 Å². The minimum Gasteiger partial charge on any atom is -0.756 e. The number of ether oxygens (including phenoxy) is 2. The fourth-order valence-corrected chi connectivity index (χ4v) is 5.88. The number of hydrogen-bond acceptors (Lipinski definition) is 8. The second-order valence-corrected chi connectivity index (χ2v) is 16.4. The van der Waals surface area contributed by atoms with Gasteiger partial charge in [0.2, 0.25) is 0 Å². The van der Waals surface area contributed by atoms with Gasteiger partial charge in [-0.15, -0.1) is 0 Å². The summed E-state index contributed by atoms with van der Waals surface area (Å²) >= 11 is 0. The highest BCUT2D eigenvalue weighted by Crippen LogP contribution is 2.38. The summed E-state index contributed by atoms with van der Waals surface area (Å²) in [6.07, 6.45) is 45.1. The molecular formula is C45H78NO8P. The zero-order valence-electron chi connectivity index (χ0n) is 35.3. The number of carbonyl (C=O) groups is 2. The van der Waals surface area contributed by atoms with Gasteiger partial charge in [-0.3, -0.25) is 14.2 Å². The fourth-order valence-electron chi connectivity index (χ4n) is 5.15. The van der Waals surface area contributed by atoms with Gasteiger partial charge in [-0.25, -0.2) is 0 Å². The Kier molecular flexibility index (Phi) is 35.3. The molecule has 0 aliphatic carbocycles. The number of unbranched alkanes of at least 4 members (excludes halogenated alkanes) is 11. The molecule has 0 rings (SSSR count). The van der Waals surface area contributed by atoms with E-state index in [9.17, 15) is 19.0 Å². The molecule has 2 atom stereocenters. The predicted molar refractivity (Wildman–Crippen MR) is 226 cm³/mol. The maximum Gasteiger partial charge on any atom is 0.306 e. The van der Waals surface area contributed by atoms with Gasteiger partial charge in [0.25, 0.3) is 7.82 Å². The number of carbonyl (C=O) groups excluding carboxylic acids is 2. The van der Waals surface area contributed by atoms with Crippen LogP contribution in [0.3, 0.4) is 0 Å². The van der Waals surface area contributed by atoms with Gasteiger partial charge in [0.1, 0.15) is 19.8 Å². The van der Waals surface area contributed by atoms with Crippen LogP contribution in [0, 0.1) is 0 Å². The molecule has 0 aliphatic rings. The Hall–Kier alpha value is -2.55. The van der Waals surface area contributed by atoms with Crippen LogP contribution < -0.4 is 4.89 Å². The third kappa shape index (κ3) is 40.9. The molecule has 0 aromatic carbocycles. The van der Waals surface area contributed by atoms with E-state index in [1.165, 1.54) is 38.5 Å². The van der Waals surface area contributed by atoms with Gasteiger partial charge in [0.15, 0.2) is 6.10 Å². The molecule has 1 unspecified atom stereocenters. The Morgan fingerprint density at radius 2 is 1.05 bits per heavy atom. The first-order valence-corrected chi connectivity index (χ1v) is 22.6. The molecular weight excluding hydrogens is 713 g/mol. The maximum atomic E-state index is 12.6. The highest BCUT2D eigenvalue weighted by atomic mass is 31.2. The first kappa shape index (κ1) is 52.5. The standard InChI is InChI=1S/C45H78NO8P/c1-6-8-10-12-14-16-18-20-22-23-24-26-28-30-32-34-36-38-45(48)54-43(42-53-55(49,50)52-40-39-46(3,4)5)41-51-44(47)37-35-33-31-29-27-25-21-19-17-15-13-11-9-7-2/h8,10,14,16,19-22,24,26,30,32,43H,6-7,9,11-13,15,17-18,23,25,27-29,31,33-42H2,1-5H3/b10-8-,16-14-,21-19-,22-20-,26-24-,32-30-/t43-/m1/s1. The zero-order valence-corrected chi connectivity index (χ0v) is 36.2. The van der Waals surface area contributed by atoms with E-state index in [4.69, 9.17) is 18.5 Å². The van der Waals surface area contributed by atoms with Crippen molar-refractivity contribution >= 4 is 19.8 Å². The number of quaternary nitrogens is 1. The predicted octanol–water partition coefficient (Wildman–Crippen LogP) is 11.2. The second-order valence-electron chi connectivity index (χ2n) is 15.0. The molecule has 0 bridgehead atoms. The molecule has 9 nitrogen and oxygen atoms in total. The van der Waals surface area contributed by atoms with Crippen LogP contribution in [0.5, 0.6) is 0 Å². The van der Waals surface area contributed by atoms with E-state index < -0.39 is 32.5 Å². The van der Waals surface area contributed by atoms with Crippen LogP contribution in [-0.4, -0.2) is 70.0 Å². The molecule has 55 heavy (non-hydrogen) atoms. The fraction of sp³-hybridized carbons (Fsp3) is 0.689. The zero-order chi connectivity index (χ0) is 40.7. The summed E-state index contributed by atoms with van der Waals surface area (Å²) in [5, 5.41) is 0. The third-order valence-corrected chi connectivity index (χ3v) is 9.42. The number of likely N-dealkylation sites (N-methyl/N-ethyl adjacent to an activating group) is 1.